The second-order valence-corrected chi connectivity index (χ2v) is 10.8. The average molecular weight is 421 g/mol. The third kappa shape index (κ3) is 4.13. The average Bonchev–Trinajstić information content (AvgIpc) is 2.69. The highest BCUT2D eigenvalue weighted by atomic mass is 35.5. The van der Waals surface area contributed by atoms with Crippen LogP contribution in [0.4, 0.5) is 0 Å². The molecule has 28 heavy (non-hydrogen) atoms. The zero-order valence-electron chi connectivity index (χ0n) is 16.8. The van der Waals surface area contributed by atoms with Gasteiger partial charge in [0.05, 0.1) is 4.90 Å². The maximum absolute atomic E-state index is 12.8. The molecule has 6 heteroatoms. The fourth-order valence-electron chi connectivity index (χ4n) is 4.26. The van der Waals surface area contributed by atoms with Crippen molar-refractivity contribution in [1.82, 2.24) is 8.72 Å². The molecule has 2 aromatic carbocycles. The van der Waals surface area contributed by atoms with E-state index in [-0.39, 0.29) is 15.8 Å². The van der Waals surface area contributed by atoms with Crippen LogP contribution in [-0.4, -0.2) is 37.8 Å². The van der Waals surface area contributed by atoms with E-state index in [1.807, 2.05) is 6.07 Å². The molecule has 0 aliphatic heterocycles. The van der Waals surface area contributed by atoms with Gasteiger partial charge in [-0.25, -0.2) is 8.42 Å². The Labute approximate surface area is 174 Å². The van der Waals surface area contributed by atoms with E-state index < -0.39 is 10.0 Å². The van der Waals surface area contributed by atoms with Gasteiger partial charge in [0.15, 0.2) is 0 Å². The van der Waals surface area contributed by atoms with Gasteiger partial charge in [-0.15, -0.1) is 3.82 Å². The summed E-state index contributed by atoms with van der Waals surface area (Å²) in [6.45, 7) is 2.46. The summed E-state index contributed by atoms with van der Waals surface area (Å²) in [6, 6.07) is 19.0. The third-order valence-electron chi connectivity index (χ3n) is 6.26. The van der Waals surface area contributed by atoms with Gasteiger partial charge in [-0.1, -0.05) is 55.5 Å². The first-order valence-corrected chi connectivity index (χ1v) is 11.4. The number of halogens is 1. The Hall–Kier alpha value is -1.40. The fraction of sp³-hybridized carbons (Fsp3) is 0.455. The van der Waals surface area contributed by atoms with Crippen LogP contribution in [0.15, 0.2) is 65.6 Å². The molecule has 0 atom stereocenters. The number of rotatable bonds is 6. The molecular formula is C22H29ClN2O2S. The van der Waals surface area contributed by atoms with E-state index in [1.54, 1.807) is 30.3 Å². The van der Waals surface area contributed by atoms with Gasteiger partial charge < -0.3 is 0 Å². The topological polar surface area (TPSA) is 40.6 Å². The number of nitrogens with zero attached hydrogens (tertiary/aromatic N) is 2. The van der Waals surface area contributed by atoms with E-state index in [2.05, 4.69) is 50.2 Å². The van der Waals surface area contributed by atoms with Crippen LogP contribution >= 0.6 is 11.8 Å². The van der Waals surface area contributed by atoms with Crippen molar-refractivity contribution in [1.29, 1.82) is 0 Å². The Kier molecular flexibility index (Phi) is 6.20. The highest BCUT2D eigenvalue weighted by Crippen LogP contribution is 2.48. The van der Waals surface area contributed by atoms with Gasteiger partial charge in [0, 0.05) is 12.1 Å². The molecule has 1 aliphatic rings. The monoisotopic (exact) mass is 420 g/mol. The Morgan fingerprint density at radius 3 is 1.89 bits per heavy atom. The predicted molar refractivity (Wildman–Crippen MR) is 115 cm³/mol. The Morgan fingerprint density at radius 1 is 0.893 bits per heavy atom. The molecule has 3 rings (SSSR count). The second-order valence-electron chi connectivity index (χ2n) is 8.37. The molecule has 0 saturated heterocycles. The van der Waals surface area contributed by atoms with Crippen LogP contribution < -0.4 is 0 Å². The molecule has 0 bridgehead atoms. The largest absolute Gasteiger partial charge is 0.300 e. The maximum atomic E-state index is 12.8. The van der Waals surface area contributed by atoms with Crippen LogP contribution in [0.5, 0.6) is 0 Å². The first-order chi connectivity index (χ1) is 13.2. The molecule has 0 spiro atoms. The van der Waals surface area contributed by atoms with Crippen LogP contribution in [0.1, 0.15) is 38.2 Å². The van der Waals surface area contributed by atoms with E-state index in [1.165, 1.54) is 5.56 Å². The van der Waals surface area contributed by atoms with Crippen molar-refractivity contribution in [2.75, 3.05) is 20.6 Å². The van der Waals surface area contributed by atoms with Crippen molar-refractivity contribution in [3.63, 3.8) is 0 Å². The Bertz CT molecular complexity index is 877. The van der Waals surface area contributed by atoms with Gasteiger partial charge in [-0.2, -0.15) is 0 Å². The van der Waals surface area contributed by atoms with Gasteiger partial charge in [-0.05, 0) is 74.7 Å². The molecule has 0 unspecified atom stereocenters. The number of hydrogen-bond acceptors (Lipinski definition) is 3. The van der Waals surface area contributed by atoms with Gasteiger partial charge in [0.1, 0.15) is 0 Å². The summed E-state index contributed by atoms with van der Waals surface area (Å²) in [7, 11) is 0.571. The van der Waals surface area contributed by atoms with E-state index in [4.69, 9.17) is 11.8 Å². The lowest BCUT2D eigenvalue weighted by Crippen LogP contribution is -2.48. The fourth-order valence-corrected chi connectivity index (χ4v) is 6.00. The molecule has 0 N–H and O–H groups in total. The zero-order valence-corrected chi connectivity index (χ0v) is 18.4. The van der Waals surface area contributed by atoms with Crippen molar-refractivity contribution < 1.29 is 8.42 Å². The summed E-state index contributed by atoms with van der Waals surface area (Å²) in [5, 5.41) is 0. The van der Waals surface area contributed by atoms with E-state index in [0.717, 1.165) is 29.5 Å². The molecule has 0 heterocycles. The predicted octanol–water partition coefficient (Wildman–Crippen LogP) is 4.87. The van der Waals surface area contributed by atoms with Crippen LogP contribution in [0.25, 0.3) is 0 Å². The first kappa shape index (κ1) is 21.3. The lowest BCUT2D eigenvalue weighted by molar-refractivity contribution is 0.0398. The van der Waals surface area contributed by atoms with Crippen LogP contribution in [-0.2, 0) is 15.6 Å². The zero-order chi connectivity index (χ0) is 20.4. The molecule has 4 nitrogen and oxygen atoms in total. The number of benzene rings is 2. The van der Waals surface area contributed by atoms with Crippen molar-refractivity contribution in [3.8, 4) is 0 Å². The molecule has 1 saturated carbocycles. The van der Waals surface area contributed by atoms with Crippen LogP contribution in [0.2, 0.25) is 0 Å². The minimum Gasteiger partial charge on any atom is -0.300 e. The van der Waals surface area contributed by atoms with Gasteiger partial charge in [0.2, 0.25) is 0 Å². The number of hydrogen-bond donors (Lipinski definition) is 0. The summed E-state index contributed by atoms with van der Waals surface area (Å²) in [6.07, 6.45) is 3.76. The van der Waals surface area contributed by atoms with Gasteiger partial charge in [-0.3, -0.25) is 4.90 Å². The smallest absolute Gasteiger partial charge is 0.256 e. The maximum Gasteiger partial charge on any atom is 0.256 e. The van der Waals surface area contributed by atoms with Gasteiger partial charge in [0.25, 0.3) is 10.0 Å². The molecule has 0 aromatic heterocycles. The van der Waals surface area contributed by atoms with Crippen LogP contribution in [0, 0.1) is 5.41 Å². The molecule has 0 amide bonds. The minimum atomic E-state index is -3.69. The Balaban J connectivity index is 1.75. The normalized spacial score (nSPS) is 25.9. The quantitative estimate of drug-likeness (QED) is 0.626. The molecule has 152 valence electrons. The SMILES string of the molecule is CN(C)C1(c2ccccc2)CCC(C)(CN(Cl)S(=O)(=O)c2ccccc2)CC1. The Morgan fingerprint density at radius 2 is 1.39 bits per heavy atom. The van der Waals surface area contributed by atoms with E-state index in [9.17, 15) is 8.42 Å². The third-order valence-corrected chi connectivity index (χ3v) is 8.44. The lowest BCUT2D eigenvalue weighted by atomic mass is 9.65. The molecule has 1 fully saturated rings. The molecule has 2 aromatic rings. The summed E-state index contributed by atoms with van der Waals surface area (Å²) >= 11 is 6.32. The summed E-state index contributed by atoms with van der Waals surface area (Å²) < 4.78 is 26.6. The number of sulfonamides is 1. The molecule has 0 radical (unpaired) electrons. The van der Waals surface area contributed by atoms with Crippen LogP contribution in [0.3, 0.4) is 0 Å². The van der Waals surface area contributed by atoms with Crippen molar-refractivity contribution in [2.45, 2.75) is 43.0 Å². The van der Waals surface area contributed by atoms with Crippen molar-refractivity contribution >= 4 is 21.8 Å². The first-order valence-electron chi connectivity index (χ1n) is 9.66. The molecule has 1 aliphatic carbocycles. The highest BCUT2D eigenvalue weighted by Gasteiger charge is 2.44. The standard InChI is InChI=1S/C22H29ClN2O2S/c1-21(18-25(23)28(26,27)20-12-8-5-9-13-20)14-16-22(17-15-21,24(2)3)19-10-6-4-7-11-19/h4-13H,14-18H2,1-3H3. The lowest BCUT2D eigenvalue weighted by Gasteiger charge is -2.49. The van der Waals surface area contributed by atoms with Crippen molar-refractivity contribution in [2.24, 2.45) is 5.41 Å². The summed E-state index contributed by atoms with van der Waals surface area (Å²) in [5.74, 6) is 0. The highest BCUT2D eigenvalue weighted by molar-refractivity contribution is 7.90. The second kappa shape index (κ2) is 8.15. The van der Waals surface area contributed by atoms with E-state index in [0.29, 0.717) is 6.54 Å². The summed E-state index contributed by atoms with van der Waals surface area (Å²) in [4.78, 5) is 2.54. The van der Waals surface area contributed by atoms with Crippen molar-refractivity contribution in [3.05, 3.63) is 66.2 Å². The molecular weight excluding hydrogens is 392 g/mol. The summed E-state index contributed by atoms with van der Waals surface area (Å²) in [5.41, 5.74) is 1.15. The van der Waals surface area contributed by atoms with E-state index >= 15 is 0 Å². The minimum absolute atomic E-state index is 0.0176. The van der Waals surface area contributed by atoms with Gasteiger partial charge >= 0.3 is 0 Å².